The third-order valence-corrected chi connectivity index (χ3v) is 6.33. The van der Waals surface area contributed by atoms with E-state index in [2.05, 4.69) is 5.32 Å². The van der Waals surface area contributed by atoms with E-state index in [-0.39, 0.29) is 23.4 Å². The highest BCUT2D eigenvalue weighted by Crippen LogP contribution is 2.30. The van der Waals surface area contributed by atoms with Gasteiger partial charge in [-0.05, 0) is 50.1 Å². The Hall–Kier alpha value is -2.05. The highest BCUT2D eigenvalue weighted by molar-refractivity contribution is 7.92. The minimum atomic E-state index is -3.92. The van der Waals surface area contributed by atoms with Gasteiger partial charge in [-0.1, -0.05) is 42.8 Å². The van der Waals surface area contributed by atoms with Crippen molar-refractivity contribution in [2.24, 2.45) is 0 Å². The van der Waals surface area contributed by atoms with Gasteiger partial charge >= 0.3 is 0 Å². The maximum atomic E-state index is 13.2. The van der Waals surface area contributed by atoms with Gasteiger partial charge in [0.05, 0.1) is 10.6 Å². The number of nitrogens with zero attached hydrogens (tertiary/aromatic N) is 1. The van der Waals surface area contributed by atoms with E-state index in [9.17, 15) is 13.2 Å². The third-order valence-electron chi connectivity index (χ3n) is 4.15. The lowest BCUT2D eigenvalue weighted by atomic mass is 10.2. The van der Waals surface area contributed by atoms with Crippen LogP contribution in [0.2, 0.25) is 5.02 Å². The van der Waals surface area contributed by atoms with E-state index in [0.29, 0.717) is 16.3 Å². The number of nitrogens with one attached hydrogen (secondary N) is 1. The predicted molar refractivity (Wildman–Crippen MR) is 105 cm³/mol. The van der Waals surface area contributed by atoms with Gasteiger partial charge in [0.1, 0.15) is 6.54 Å². The summed E-state index contributed by atoms with van der Waals surface area (Å²) in [5.41, 5.74) is 0.991. The summed E-state index contributed by atoms with van der Waals surface area (Å²) in [6, 6.07) is 13.0. The number of amides is 1. The molecule has 1 atom stereocenters. The first-order valence-electron chi connectivity index (χ1n) is 8.39. The molecule has 0 saturated heterocycles. The van der Waals surface area contributed by atoms with Crippen molar-refractivity contribution >= 4 is 33.2 Å². The Bertz CT molecular complexity index is 870. The van der Waals surface area contributed by atoms with Crippen molar-refractivity contribution < 1.29 is 13.2 Å². The second-order valence-corrected chi connectivity index (χ2v) is 8.36. The lowest BCUT2D eigenvalue weighted by Gasteiger charge is -2.26. The van der Waals surface area contributed by atoms with Gasteiger partial charge in [-0.25, -0.2) is 8.42 Å². The molecule has 0 aromatic heterocycles. The van der Waals surface area contributed by atoms with Crippen LogP contribution >= 0.6 is 11.6 Å². The van der Waals surface area contributed by atoms with Crippen LogP contribution in [-0.4, -0.2) is 26.9 Å². The minimum Gasteiger partial charge on any atom is -0.352 e. The van der Waals surface area contributed by atoms with Gasteiger partial charge < -0.3 is 5.32 Å². The van der Waals surface area contributed by atoms with Crippen molar-refractivity contribution in [3.63, 3.8) is 0 Å². The van der Waals surface area contributed by atoms with Crippen LogP contribution in [0.3, 0.4) is 0 Å². The van der Waals surface area contributed by atoms with E-state index in [0.717, 1.165) is 10.7 Å². The van der Waals surface area contributed by atoms with E-state index in [4.69, 9.17) is 11.6 Å². The lowest BCUT2D eigenvalue weighted by Crippen LogP contribution is -2.43. The summed E-state index contributed by atoms with van der Waals surface area (Å²) in [5, 5.41) is 3.25. The topological polar surface area (TPSA) is 66.5 Å². The van der Waals surface area contributed by atoms with E-state index in [1.54, 1.807) is 43.3 Å². The number of carbonyl (C=O) groups is 1. The Labute approximate surface area is 160 Å². The molecule has 0 aliphatic rings. The van der Waals surface area contributed by atoms with Gasteiger partial charge in [0.15, 0.2) is 0 Å². The molecule has 0 aliphatic carbocycles. The number of benzene rings is 2. The van der Waals surface area contributed by atoms with Crippen molar-refractivity contribution in [3.8, 4) is 0 Å². The van der Waals surface area contributed by atoms with Crippen LogP contribution in [-0.2, 0) is 14.8 Å². The van der Waals surface area contributed by atoms with Gasteiger partial charge in [0, 0.05) is 11.1 Å². The molecule has 2 rings (SSSR count). The summed E-state index contributed by atoms with van der Waals surface area (Å²) in [5.74, 6) is -0.363. The minimum absolute atomic E-state index is 0.0377. The van der Waals surface area contributed by atoms with Gasteiger partial charge in [-0.3, -0.25) is 9.10 Å². The molecule has 0 saturated carbocycles. The number of sulfonamides is 1. The zero-order valence-corrected chi connectivity index (χ0v) is 16.6. The monoisotopic (exact) mass is 394 g/mol. The standard InChI is InChI=1S/C19H23ClN2O3S/c1-4-14(2)21-19(23)13-22(18-12-8-11-17(20)15(18)3)26(24,25)16-9-6-5-7-10-16/h5-12,14H,4,13H2,1-3H3,(H,21,23). The van der Waals surface area contributed by atoms with Crippen LogP contribution in [0.25, 0.3) is 0 Å². The van der Waals surface area contributed by atoms with Crippen LogP contribution in [0, 0.1) is 6.92 Å². The van der Waals surface area contributed by atoms with Gasteiger partial charge in [0.25, 0.3) is 10.0 Å². The Morgan fingerprint density at radius 3 is 2.42 bits per heavy atom. The fraction of sp³-hybridized carbons (Fsp3) is 0.316. The molecule has 7 heteroatoms. The molecule has 0 heterocycles. The second kappa shape index (κ2) is 8.56. The van der Waals surface area contributed by atoms with Gasteiger partial charge in [-0.15, -0.1) is 0 Å². The van der Waals surface area contributed by atoms with E-state index in [1.165, 1.54) is 12.1 Å². The lowest BCUT2D eigenvalue weighted by molar-refractivity contribution is -0.120. The molecule has 26 heavy (non-hydrogen) atoms. The zero-order chi connectivity index (χ0) is 19.3. The van der Waals surface area contributed by atoms with E-state index >= 15 is 0 Å². The zero-order valence-electron chi connectivity index (χ0n) is 15.1. The van der Waals surface area contributed by atoms with Crippen molar-refractivity contribution in [3.05, 3.63) is 59.1 Å². The maximum absolute atomic E-state index is 13.2. The Morgan fingerprint density at radius 2 is 1.81 bits per heavy atom. The van der Waals surface area contributed by atoms with E-state index in [1.807, 2.05) is 13.8 Å². The first kappa shape index (κ1) is 20.3. The fourth-order valence-corrected chi connectivity index (χ4v) is 4.11. The fourth-order valence-electron chi connectivity index (χ4n) is 2.44. The Balaban J connectivity index is 2.49. The molecule has 1 N–H and O–H groups in total. The van der Waals surface area contributed by atoms with Crippen molar-refractivity contribution in [1.82, 2.24) is 5.32 Å². The molecular weight excluding hydrogens is 372 g/mol. The Morgan fingerprint density at radius 1 is 1.15 bits per heavy atom. The van der Waals surface area contributed by atoms with Crippen LogP contribution in [0.4, 0.5) is 5.69 Å². The molecule has 0 spiro atoms. The quantitative estimate of drug-likeness (QED) is 0.777. The van der Waals surface area contributed by atoms with E-state index < -0.39 is 10.0 Å². The highest BCUT2D eigenvalue weighted by Gasteiger charge is 2.28. The van der Waals surface area contributed by atoms with Gasteiger partial charge in [-0.2, -0.15) is 0 Å². The SMILES string of the molecule is CCC(C)NC(=O)CN(c1cccc(Cl)c1C)S(=O)(=O)c1ccccc1. The van der Waals surface area contributed by atoms with Crippen LogP contribution in [0.15, 0.2) is 53.4 Å². The second-order valence-electron chi connectivity index (χ2n) is 6.09. The molecule has 5 nitrogen and oxygen atoms in total. The number of halogens is 1. The molecule has 2 aromatic carbocycles. The highest BCUT2D eigenvalue weighted by atomic mass is 35.5. The summed E-state index contributed by atoms with van der Waals surface area (Å²) in [7, 11) is -3.92. The van der Waals surface area contributed by atoms with Crippen LogP contribution in [0.5, 0.6) is 0 Å². The first-order chi connectivity index (χ1) is 12.3. The molecule has 0 fully saturated rings. The third kappa shape index (κ3) is 4.56. The smallest absolute Gasteiger partial charge is 0.264 e. The Kier molecular flexibility index (Phi) is 6.67. The van der Waals surface area contributed by atoms with Crippen molar-refractivity contribution in [1.29, 1.82) is 0 Å². The number of hydrogen-bond acceptors (Lipinski definition) is 3. The summed E-state index contributed by atoms with van der Waals surface area (Å²) in [6.45, 7) is 5.24. The molecule has 140 valence electrons. The maximum Gasteiger partial charge on any atom is 0.264 e. The number of carbonyl (C=O) groups excluding carboxylic acids is 1. The number of anilines is 1. The molecule has 2 aromatic rings. The number of hydrogen-bond donors (Lipinski definition) is 1. The molecule has 0 bridgehead atoms. The average Bonchev–Trinajstić information content (AvgIpc) is 2.63. The molecule has 0 radical (unpaired) electrons. The summed E-state index contributed by atoms with van der Waals surface area (Å²) >= 11 is 6.18. The van der Waals surface area contributed by atoms with Crippen LogP contribution < -0.4 is 9.62 Å². The summed E-state index contributed by atoms with van der Waals surface area (Å²) in [4.78, 5) is 12.5. The van der Waals surface area contributed by atoms with Crippen molar-refractivity contribution in [2.75, 3.05) is 10.8 Å². The predicted octanol–water partition coefficient (Wildman–Crippen LogP) is 3.76. The average molecular weight is 395 g/mol. The number of rotatable bonds is 7. The van der Waals surface area contributed by atoms with Crippen LogP contribution in [0.1, 0.15) is 25.8 Å². The van der Waals surface area contributed by atoms with Crippen molar-refractivity contribution in [2.45, 2.75) is 38.1 Å². The van der Waals surface area contributed by atoms with Gasteiger partial charge in [0.2, 0.25) is 5.91 Å². The first-order valence-corrected chi connectivity index (χ1v) is 10.2. The molecule has 1 amide bonds. The summed E-state index contributed by atoms with van der Waals surface area (Å²) < 4.78 is 27.5. The normalized spacial score (nSPS) is 12.5. The molecular formula is C19H23ClN2O3S. The summed E-state index contributed by atoms with van der Waals surface area (Å²) in [6.07, 6.45) is 0.757. The molecule has 0 aliphatic heterocycles. The largest absolute Gasteiger partial charge is 0.352 e. The molecule has 1 unspecified atom stereocenters.